The number of rotatable bonds is 27. The fourth-order valence-electron chi connectivity index (χ4n) is 11.7. The van der Waals surface area contributed by atoms with E-state index in [1.54, 1.807) is 182 Å². The molecule has 6 aromatic rings. The van der Waals surface area contributed by atoms with Crippen molar-refractivity contribution >= 4 is 36.6 Å². The van der Waals surface area contributed by atoms with Gasteiger partial charge in [-0.15, -0.1) is 0 Å². The monoisotopic (exact) mass is 1420 g/mol. The summed E-state index contributed by atoms with van der Waals surface area (Å²) in [6.07, 6.45) is -35.3. The Morgan fingerprint density at radius 3 is 0.961 bits per heavy atom. The summed E-state index contributed by atoms with van der Waals surface area (Å²) in [5.74, 6) is 0. The number of hydrogen-bond donors (Lipinski definition) is 13. The van der Waals surface area contributed by atoms with E-state index in [9.17, 15) is 64.5 Å². The van der Waals surface area contributed by atoms with Crippen LogP contribution in [0.4, 0.5) is 28.8 Å². The maximum Gasteiger partial charge on any atom is 0.407 e. The third kappa shape index (κ3) is 21.3. The minimum Gasteiger partial charge on any atom is -0.445 e. The number of aliphatic hydroxyl groups excluding tert-OH is 7. The Labute approximate surface area is 585 Å². The van der Waals surface area contributed by atoms with Crippen molar-refractivity contribution in [3.63, 3.8) is 0 Å². The number of nitrogens with one attached hydrogen (secondary N) is 6. The molecular weight excluding hydrogens is 1340 g/mol. The summed E-state index contributed by atoms with van der Waals surface area (Å²) in [7, 11) is 0. The number of hydrogen-bond acceptors (Lipinski definition) is 25. The van der Waals surface area contributed by atoms with Gasteiger partial charge in [-0.25, -0.2) is 28.8 Å². The Hall–Kier alpha value is -9.58. The molecule has 4 aliphatic rings. The van der Waals surface area contributed by atoms with Gasteiger partial charge in [0.2, 0.25) is 0 Å². The van der Waals surface area contributed by atoms with Gasteiger partial charge in [0.05, 0.1) is 18.7 Å². The van der Waals surface area contributed by atoms with Gasteiger partial charge >= 0.3 is 36.6 Å². The van der Waals surface area contributed by atoms with Crippen LogP contribution in [0, 0.1) is 0 Å². The fourth-order valence-corrected chi connectivity index (χ4v) is 11.7. The predicted octanol–water partition coefficient (Wildman–Crippen LogP) is 2.91. The molecule has 13 N–H and O–H groups in total. The summed E-state index contributed by atoms with van der Waals surface area (Å²) < 4.78 is 71.3. The first-order valence-electron chi connectivity index (χ1n) is 32.9. The van der Waals surface area contributed by atoms with E-state index in [-0.39, 0.29) is 39.6 Å². The Bertz CT molecular complexity index is 3590. The largest absolute Gasteiger partial charge is 0.445 e. The van der Waals surface area contributed by atoms with Gasteiger partial charge in [0.1, 0.15) is 125 Å². The molecule has 3 saturated heterocycles. The van der Waals surface area contributed by atoms with Crippen molar-refractivity contribution in [2.45, 2.75) is 162 Å². The summed E-state index contributed by atoms with van der Waals surface area (Å²) in [6.45, 7) is -3.47. The molecule has 6 aromatic carbocycles. The maximum atomic E-state index is 14.2. The standard InChI is InChI=1S/C71H82N6O25/c78-34-51-61(101-64-53(77-71(90)96-40-46-29-17-6-18-30-46)58(83)56(81)50(98-64)33-73-67(86)92-36-42-21-9-2-10-22-42)59(84)65(99-51)102-62-54(79)47(74-68(87)93-37-43-23-11-3-12-24-43)31-48(75-69(88)94-38-44-25-13-4-14-26-44)60(62)100-63-52(76-70(89)95-39-45-27-15-5-16-28-45)57(82)55(80)49(97-63)32-72-66(85)91-35-41-19-7-1-8-20-41/h1-30,47-65,78-84H,31-40H2,(H,72,85)(H,73,86)(H,74,87)(H,75,88)(H,76,89)(H,77,90)/t47-,48+,49-,50-,51-,52-,53-,54+,55-,56-,57-,58-,59-,60-,61-,62-,63-,64-,65+/m1/s1. The highest BCUT2D eigenvalue weighted by Crippen LogP contribution is 2.36. The van der Waals surface area contributed by atoms with Crippen LogP contribution in [-0.4, -0.2) is 208 Å². The zero-order valence-corrected chi connectivity index (χ0v) is 54.8. The average molecular weight is 1420 g/mol. The van der Waals surface area contributed by atoms with E-state index in [0.717, 1.165) is 0 Å². The smallest absolute Gasteiger partial charge is 0.407 e. The van der Waals surface area contributed by atoms with Crippen LogP contribution in [-0.2, 0) is 96.5 Å². The molecule has 0 unspecified atom stereocenters. The second-order valence-corrected chi connectivity index (χ2v) is 24.3. The number of amides is 6. The van der Waals surface area contributed by atoms with Gasteiger partial charge in [-0.05, 0) is 39.8 Å². The van der Waals surface area contributed by atoms with Gasteiger partial charge in [0.15, 0.2) is 18.9 Å². The molecular formula is C71H82N6O25. The molecule has 19 atom stereocenters. The first kappa shape index (κ1) is 75.1. The molecule has 0 aromatic heterocycles. The first-order chi connectivity index (χ1) is 49.5. The van der Waals surface area contributed by atoms with Crippen LogP contribution >= 0.6 is 0 Å². The zero-order chi connectivity index (χ0) is 71.9. The molecule has 4 fully saturated rings. The lowest BCUT2D eigenvalue weighted by Gasteiger charge is -2.49. The molecule has 31 heteroatoms. The van der Waals surface area contributed by atoms with Crippen LogP contribution in [0.3, 0.4) is 0 Å². The van der Waals surface area contributed by atoms with Gasteiger partial charge in [-0.2, -0.15) is 0 Å². The van der Waals surface area contributed by atoms with E-state index < -0.39 is 179 Å². The minimum absolute atomic E-state index is 0.141. The van der Waals surface area contributed by atoms with Gasteiger partial charge in [0, 0.05) is 13.1 Å². The molecule has 6 amide bonds. The van der Waals surface area contributed by atoms with E-state index in [0.29, 0.717) is 33.4 Å². The molecule has 546 valence electrons. The van der Waals surface area contributed by atoms with Crippen LogP contribution in [0.25, 0.3) is 0 Å². The number of alkyl carbamates (subject to hydrolysis) is 6. The van der Waals surface area contributed by atoms with Gasteiger partial charge in [-0.3, -0.25) is 0 Å². The summed E-state index contributed by atoms with van der Waals surface area (Å²) >= 11 is 0. The highest BCUT2D eigenvalue weighted by atomic mass is 16.8. The predicted molar refractivity (Wildman–Crippen MR) is 352 cm³/mol. The Balaban J connectivity index is 0.959. The van der Waals surface area contributed by atoms with E-state index in [2.05, 4.69) is 31.9 Å². The Kier molecular flexibility index (Phi) is 27.5. The van der Waals surface area contributed by atoms with Gasteiger partial charge in [-0.1, -0.05) is 182 Å². The van der Waals surface area contributed by atoms with Crippen LogP contribution in [0.1, 0.15) is 39.8 Å². The van der Waals surface area contributed by atoms with Crippen molar-refractivity contribution in [1.82, 2.24) is 31.9 Å². The molecule has 31 nitrogen and oxygen atoms in total. The topological polar surface area (TPSA) is 427 Å². The van der Waals surface area contributed by atoms with E-state index >= 15 is 0 Å². The van der Waals surface area contributed by atoms with Crippen molar-refractivity contribution in [2.24, 2.45) is 0 Å². The lowest BCUT2D eigenvalue weighted by Crippen LogP contribution is -2.70. The van der Waals surface area contributed by atoms with Crippen molar-refractivity contribution < 1.29 is 121 Å². The molecule has 1 saturated carbocycles. The fraction of sp³-hybridized carbons (Fsp3) is 0.408. The molecule has 102 heavy (non-hydrogen) atoms. The molecule has 1 aliphatic carbocycles. The zero-order valence-electron chi connectivity index (χ0n) is 54.8. The molecule has 0 radical (unpaired) electrons. The third-order valence-electron chi connectivity index (χ3n) is 17.1. The second-order valence-electron chi connectivity index (χ2n) is 24.3. The van der Waals surface area contributed by atoms with Gasteiger partial charge < -0.3 is 124 Å². The molecule has 0 spiro atoms. The van der Waals surface area contributed by atoms with Crippen molar-refractivity contribution in [2.75, 3.05) is 19.7 Å². The van der Waals surface area contributed by atoms with Crippen molar-refractivity contribution in [3.05, 3.63) is 215 Å². The van der Waals surface area contributed by atoms with Crippen molar-refractivity contribution in [3.8, 4) is 0 Å². The number of benzene rings is 6. The number of aliphatic hydroxyl groups is 7. The van der Waals surface area contributed by atoms with E-state index in [1.165, 1.54) is 0 Å². The molecule has 3 heterocycles. The summed E-state index contributed by atoms with van der Waals surface area (Å²) in [4.78, 5) is 81.7. The third-order valence-corrected chi connectivity index (χ3v) is 17.1. The van der Waals surface area contributed by atoms with Crippen molar-refractivity contribution in [1.29, 1.82) is 0 Å². The SMILES string of the molecule is O=C(NC[C@H]1O[C@H](O[C@H]2[C@H](O[C@@H]3O[C@H](CO)[C@@H](O[C@H]4O[C@H](CNC(=O)OCc5ccccc5)[C@@H](O)[C@H](O)[C@H]4NC(=O)OCc4ccccc4)[C@H]3O)[C@@H](O)[C@H](NC(=O)OCc3ccccc3)C[C@@H]2NC(=O)OCc2ccccc2)[C@H](NC(=O)OCc2ccccc2)[C@@H](O)[C@@H]1O)OCc1ccccc1. The highest BCUT2D eigenvalue weighted by molar-refractivity contribution is 5.70. The van der Waals surface area contributed by atoms with Crippen LogP contribution in [0.5, 0.6) is 0 Å². The number of ether oxygens (including phenoxy) is 12. The van der Waals surface area contributed by atoms with E-state index in [1.807, 2.05) is 0 Å². The molecule has 3 aliphatic heterocycles. The normalized spacial score (nSPS) is 28.2. The average Bonchev–Trinajstić information content (AvgIpc) is 1.31. The summed E-state index contributed by atoms with van der Waals surface area (Å²) in [5, 5.41) is 98.7. The number of carbonyl (C=O) groups is 6. The second kappa shape index (κ2) is 37.4. The first-order valence-corrected chi connectivity index (χ1v) is 32.9. The lowest BCUT2D eigenvalue weighted by atomic mass is 9.83. The molecule has 0 bridgehead atoms. The maximum absolute atomic E-state index is 14.2. The van der Waals surface area contributed by atoms with E-state index in [4.69, 9.17) is 56.8 Å². The number of carbonyl (C=O) groups excluding carboxylic acids is 6. The highest BCUT2D eigenvalue weighted by Gasteiger charge is 2.57. The molecule has 10 rings (SSSR count). The Morgan fingerprint density at radius 1 is 0.324 bits per heavy atom. The van der Waals surface area contributed by atoms with Crippen LogP contribution in [0.15, 0.2) is 182 Å². The summed E-state index contributed by atoms with van der Waals surface area (Å²) in [5.41, 5.74) is 3.57. The quantitative estimate of drug-likeness (QED) is 0.0330. The minimum atomic E-state index is -2.11. The summed E-state index contributed by atoms with van der Waals surface area (Å²) in [6, 6.07) is 44.9. The Morgan fingerprint density at radius 2 is 0.618 bits per heavy atom. The lowest BCUT2D eigenvalue weighted by molar-refractivity contribution is -0.311. The van der Waals surface area contributed by atoms with Crippen LogP contribution in [0.2, 0.25) is 0 Å². The van der Waals surface area contributed by atoms with Crippen LogP contribution < -0.4 is 31.9 Å². The van der Waals surface area contributed by atoms with Gasteiger partial charge in [0.25, 0.3) is 0 Å².